The number of aromatic nitrogens is 1. The first-order valence-corrected chi connectivity index (χ1v) is 8.76. The van der Waals surface area contributed by atoms with Gasteiger partial charge in [-0.3, -0.25) is 14.4 Å². The van der Waals surface area contributed by atoms with Crippen molar-refractivity contribution < 1.29 is 14.3 Å². The number of carbonyl (C=O) groups is 2. The number of hydrogen-bond acceptors (Lipinski definition) is 5. The van der Waals surface area contributed by atoms with Crippen LogP contribution in [0.1, 0.15) is 39.2 Å². The van der Waals surface area contributed by atoms with E-state index in [-0.39, 0.29) is 29.0 Å². The number of hydrogen-bond donors (Lipinski definition) is 1. The van der Waals surface area contributed by atoms with Gasteiger partial charge in [-0.2, -0.15) is 5.26 Å². The van der Waals surface area contributed by atoms with Crippen molar-refractivity contribution in [3.63, 3.8) is 0 Å². The number of pyridine rings is 1. The summed E-state index contributed by atoms with van der Waals surface area (Å²) in [5, 5.41) is 9.65. The van der Waals surface area contributed by atoms with Crippen LogP contribution in [0.15, 0.2) is 23.0 Å². The molecule has 6 nitrogen and oxygen atoms in total. The van der Waals surface area contributed by atoms with E-state index in [0.29, 0.717) is 21.8 Å². The third-order valence-electron chi connectivity index (χ3n) is 4.10. The number of H-pyrrole nitrogens is 1. The Morgan fingerprint density at radius 3 is 2.59 bits per heavy atom. The summed E-state index contributed by atoms with van der Waals surface area (Å²) in [6.07, 6.45) is 0.276. The fraction of sp³-hybridized carbons (Fsp3) is 0.263. The number of nitriles is 1. The topological polar surface area (TPSA) is 100 Å². The molecule has 0 bridgehead atoms. The number of ketones is 1. The Hall–Kier alpha value is -2.62. The zero-order valence-corrected chi connectivity index (χ0v) is 16.2. The van der Waals surface area contributed by atoms with Crippen molar-refractivity contribution in [2.24, 2.45) is 0 Å². The molecular formula is C19H16Cl2N2O4. The minimum atomic E-state index is -0.572. The molecule has 2 rings (SSSR count). The van der Waals surface area contributed by atoms with Gasteiger partial charge in [0.25, 0.3) is 5.56 Å². The number of rotatable bonds is 6. The number of ether oxygens (including phenoxy) is 1. The number of carbonyl (C=O) groups excluding carboxylic acids is 2. The van der Waals surface area contributed by atoms with Crippen molar-refractivity contribution in [1.82, 2.24) is 4.98 Å². The van der Waals surface area contributed by atoms with Crippen molar-refractivity contribution in [2.45, 2.75) is 26.7 Å². The average Bonchev–Trinajstić information content (AvgIpc) is 2.59. The lowest BCUT2D eigenvalue weighted by atomic mass is 9.99. The molecule has 0 aliphatic rings. The van der Waals surface area contributed by atoms with Crippen LogP contribution < -0.4 is 5.56 Å². The van der Waals surface area contributed by atoms with E-state index in [1.54, 1.807) is 13.8 Å². The number of aromatic amines is 1. The molecule has 1 aromatic heterocycles. The van der Waals surface area contributed by atoms with E-state index in [1.165, 1.54) is 18.2 Å². The third-order valence-corrected chi connectivity index (χ3v) is 4.64. The lowest BCUT2D eigenvalue weighted by molar-refractivity contribution is -0.142. The zero-order valence-electron chi connectivity index (χ0n) is 14.7. The van der Waals surface area contributed by atoms with Crippen LogP contribution in [-0.4, -0.2) is 23.3 Å². The van der Waals surface area contributed by atoms with E-state index >= 15 is 0 Å². The summed E-state index contributed by atoms with van der Waals surface area (Å²) in [5.41, 5.74) is 1.62. The van der Waals surface area contributed by atoms with Crippen LogP contribution >= 0.6 is 23.2 Å². The smallest absolute Gasteiger partial charge is 0.306 e. The second-order valence-corrected chi connectivity index (χ2v) is 6.72. The molecule has 0 amide bonds. The van der Waals surface area contributed by atoms with Crippen molar-refractivity contribution in [3.05, 3.63) is 66.5 Å². The molecule has 0 radical (unpaired) electrons. The quantitative estimate of drug-likeness (QED) is 0.583. The molecule has 0 saturated heterocycles. The summed E-state index contributed by atoms with van der Waals surface area (Å²) in [6.45, 7) is 2.92. The zero-order chi connectivity index (χ0) is 20.1. The van der Waals surface area contributed by atoms with Gasteiger partial charge >= 0.3 is 5.97 Å². The normalized spacial score (nSPS) is 10.3. The maximum Gasteiger partial charge on any atom is 0.306 e. The predicted octanol–water partition coefficient (Wildman–Crippen LogP) is 3.53. The highest BCUT2D eigenvalue weighted by molar-refractivity contribution is 6.36. The number of esters is 1. The average molecular weight is 407 g/mol. The number of benzene rings is 1. The molecule has 0 aliphatic carbocycles. The summed E-state index contributed by atoms with van der Waals surface area (Å²) in [7, 11) is 0. The molecular weight excluding hydrogens is 391 g/mol. The van der Waals surface area contributed by atoms with Crippen LogP contribution in [0.3, 0.4) is 0 Å². The minimum absolute atomic E-state index is 0.000221. The van der Waals surface area contributed by atoms with Crippen LogP contribution in [0.2, 0.25) is 10.0 Å². The minimum Gasteiger partial charge on any atom is -0.457 e. The summed E-state index contributed by atoms with van der Waals surface area (Å²) in [5.74, 6) is -1.01. The molecule has 140 valence electrons. The van der Waals surface area contributed by atoms with Gasteiger partial charge in [-0.05, 0) is 49.6 Å². The number of halogens is 2. The van der Waals surface area contributed by atoms with Crippen LogP contribution in [-0.2, 0) is 16.0 Å². The standard InChI is InChI=1S/C19H16Cl2N2O4/c1-10-13(11(2)23-19(26)15(10)8-22)5-6-18(25)27-9-17(24)14-4-3-12(20)7-16(14)21/h3-4,7H,5-6,9H2,1-2H3,(H,23,26). The molecule has 8 heteroatoms. The SMILES string of the molecule is Cc1[nH]c(=O)c(C#N)c(C)c1CCC(=O)OCC(=O)c1ccc(Cl)cc1Cl. The number of Topliss-reactive ketones (excluding diaryl/α,β-unsaturated/α-hetero) is 1. The number of nitrogens with zero attached hydrogens (tertiary/aromatic N) is 1. The second-order valence-electron chi connectivity index (χ2n) is 5.88. The van der Waals surface area contributed by atoms with E-state index in [9.17, 15) is 14.4 Å². The molecule has 0 saturated carbocycles. The monoisotopic (exact) mass is 406 g/mol. The lowest BCUT2D eigenvalue weighted by Gasteiger charge is -2.11. The van der Waals surface area contributed by atoms with Gasteiger partial charge in [0.15, 0.2) is 6.61 Å². The highest BCUT2D eigenvalue weighted by Crippen LogP contribution is 2.21. The highest BCUT2D eigenvalue weighted by atomic mass is 35.5. The molecule has 1 N–H and O–H groups in total. The Bertz CT molecular complexity index is 1010. The van der Waals surface area contributed by atoms with E-state index in [4.69, 9.17) is 33.2 Å². The second kappa shape index (κ2) is 8.85. The van der Waals surface area contributed by atoms with Gasteiger partial charge < -0.3 is 9.72 Å². The first kappa shape index (κ1) is 20.7. The fourth-order valence-corrected chi connectivity index (χ4v) is 3.17. The van der Waals surface area contributed by atoms with Crippen LogP contribution in [0.5, 0.6) is 0 Å². The summed E-state index contributed by atoms with van der Waals surface area (Å²) in [6, 6.07) is 6.29. The van der Waals surface area contributed by atoms with Gasteiger partial charge in [-0.1, -0.05) is 23.2 Å². The lowest BCUT2D eigenvalue weighted by Crippen LogP contribution is -2.18. The van der Waals surface area contributed by atoms with E-state index in [0.717, 1.165) is 0 Å². The molecule has 0 aliphatic heterocycles. The largest absolute Gasteiger partial charge is 0.457 e. The fourth-order valence-electron chi connectivity index (χ4n) is 2.66. The van der Waals surface area contributed by atoms with Gasteiger partial charge in [0.1, 0.15) is 11.6 Å². The van der Waals surface area contributed by atoms with Crippen molar-refractivity contribution in [2.75, 3.05) is 6.61 Å². The predicted molar refractivity (Wildman–Crippen MR) is 101 cm³/mol. The molecule has 0 spiro atoms. The van der Waals surface area contributed by atoms with Crippen molar-refractivity contribution in [1.29, 1.82) is 5.26 Å². The molecule has 1 aromatic carbocycles. The molecule has 27 heavy (non-hydrogen) atoms. The molecule has 1 heterocycles. The van der Waals surface area contributed by atoms with Crippen molar-refractivity contribution >= 4 is 35.0 Å². The van der Waals surface area contributed by atoms with Gasteiger partial charge in [0.05, 0.1) is 5.02 Å². The van der Waals surface area contributed by atoms with Gasteiger partial charge in [0.2, 0.25) is 5.78 Å². The Balaban J connectivity index is 1.98. The van der Waals surface area contributed by atoms with E-state index in [1.807, 2.05) is 6.07 Å². The maximum absolute atomic E-state index is 12.1. The Morgan fingerprint density at radius 2 is 1.96 bits per heavy atom. The van der Waals surface area contributed by atoms with Crippen LogP contribution in [0.25, 0.3) is 0 Å². The van der Waals surface area contributed by atoms with Crippen molar-refractivity contribution in [3.8, 4) is 6.07 Å². The Morgan fingerprint density at radius 1 is 1.26 bits per heavy atom. The van der Waals surface area contributed by atoms with Crippen LogP contribution in [0.4, 0.5) is 0 Å². The summed E-state index contributed by atoms with van der Waals surface area (Å²) in [4.78, 5) is 38.4. The summed E-state index contributed by atoms with van der Waals surface area (Å²) < 4.78 is 5.01. The molecule has 0 fully saturated rings. The molecule has 0 atom stereocenters. The van der Waals surface area contributed by atoms with Gasteiger partial charge in [-0.15, -0.1) is 0 Å². The van der Waals surface area contributed by atoms with Crippen LogP contribution in [0, 0.1) is 25.2 Å². The van der Waals surface area contributed by atoms with Gasteiger partial charge in [-0.25, -0.2) is 0 Å². The Kier molecular flexibility index (Phi) is 6.78. The van der Waals surface area contributed by atoms with E-state index < -0.39 is 23.9 Å². The third kappa shape index (κ3) is 4.97. The number of nitrogens with one attached hydrogen (secondary N) is 1. The van der Waals surface area contributed by atoms with Gasteiger partial charge in [0, 0.05) is 22.7 Å². The highest BCUT2D eigenvalue weighted by Gasteiger charge is 2.16. The number of aryl methyl sites for hydroxylation is 1. The van der Waals surface area contributed by atoms with E-state index in [2.05, 4.69) is 4.98 Å². The first-order valence-electron chi connectivity index (χ1n) is 8.01. The molecule has 2 aromatic rings. The maximum atomic E-state index is 12.1. The summed E-state index contributed by atoms with van der Waals surface area (Å²) >= 11 is 11.7. The first-order chi connectivity index (χ1) is 12.7. The Labute approximate surface area is 165 Å². The molecule has 0 unspecified atom stereocenters.